The van der Waals surface area contributed by atoms with Crippen molar-refractivity contribution in [1.29, 1.82) is 0 Å². The van der Waals surface area contributed by atoms with Gasteiger partial charge in [-0.2, -0.15) is 0 Å². The van der Waals surface area contributed by atoms with E-state index in [-0.39, 0.29) is 23.6 Å². The predicted molar refractivity (Wildman–Crippen MR) is 135 cm³/mol. The van der Waals surface area contributed by atoms with Crippen molar-refractivity contribution in [2.75, 3.05) is 0 Å². The smallest absolute Gasteiger partial charge is 0.314 e. The third-order valence-electron chi connectivity index (χ3n) is 6.88. The van der Waals surface area contributed by atoms with Gasteiger partial charge in [-0.1, -0.05) is 51.1 Å². The average molecular weight is 469 g/mol. The highest BCUT2D eigenvalue weighted by molar-refractivity contribution is 5.76. The van der Waals surface area contributed by atoms with E-state index in [1.165, 1.54) is 23.3 Å². The number of hydrogen-bond acceptors (Lipinski definition) is 5. The van der Waals surface area contributed by atoms with Crippen LogP contribution in [-0.2, 0) is 27.2 Å². The van der Waals surface area contributed by atoms with Crippen LogP contribution >= 0.6 is 0 Å². The van der Waals surface area contributed by atoms with Gasteiger partial charge < -0.3 is 14.6 Å². The summed E-state index contributed by atoms with van der Waals surface area (Å²) in [6.45, 7) is 13.8. The van der Waals surface area contributed by atoms with Gasteiger partial charge >= 0.3 is 11.9 Å². The fraction of sp³-hybridized carbons (Fsp3) is 0.517. The number of fused-ring (bicyclic) bond motifs is 1. The Hall–Kier alpha value is -2.82. The number of aromatic hydroxyl groups is 1. The molecule has 1 N–H and O–H groups in total. The van der Waals surface area contributed by atoms with Crippen LogP contribution < -0.4 is 4.74 Å². The van der Waals surface area contributed by atoms with Gasteiger partial charge in [-0.25, -0.2) is 0 Å². The van der Waals surface area contributed by atoms with Crippen LogP contribution in [0, 0.1) is 17.3 Å². The molecule has 1 aliphatic rings. The molecule has 2 aromatic carbocycles. The molecule has 0 aliphatic heterocycles. The van der Waals surface area contributed by atoms with E-state index in [0.29, 0.717) is 11.7 Å². The maximum atomic E-state index is 12.3. The van der Waals surface area contributed by atoms with E-state index in [1.807, 2.05) is 48.5 Å². The van der Waals surface area contributed by atoms with Crippen LogP contribution in [-0.4, -0.2) is 22.6 Å². The zero-order valence-electron chi connectivity index (χ0n) is 21.7. The van der Waals surface area contributed by atoms with Gasteiger partial charge in [0.25, 0.3) is 0 Å². The molecule has 0 heterocycles. The first kappa shape index (κ1) is 27.4. The third-order valence-corrected chi connectivity index (χ3v) is 6.88. The lowest BCUT2D eigenvalue weighted by molar-refractivity contribution is -0.172. The van der Waals surface area contributed by atoms with Gasteiger partial charge in [-0.15, -0.1) is 0 Å². The molecule has 0 spiro atoms. The van der Waals surface area contributed by atoms with Gasteiger partial charge in [0.1, 0.15) is 17.1 Å². The summed E-state index contributed by atoms with van der Waals surface area (Å²) in [6, 6.07) is 14.8. The van der Waals surface area contributed by atoms with E-state index in [1.54, 1.807) is 12.1 Å². The van der Waals surface area contributed by atoms with Crippen molar-refractivity contribution in [2.24, 2.45) is 17.3 Å². The van der Waals surface area contributed by atoms with Crippen molar-refractivity contribution >= 4 is 11.9 Å². The molecule has 3 rings (SSSR count). The van der Waals surface area contributed by atoms with Gasteiger partial charge in [0, 0.05) is 12.0 Å². The molecule has 0 fully saturated rings. The second kappa shape index (κ2) is 11.5. The maximum Gasteiger partial charge on any atom is 0.314 e. The molecule has 0 amide bonds. The van der Waals surface area contributed by atoms with E-state index in [4.69, 9.17) is 14.6 Å². The molecule has 1 aliphatic carbocycles. The van der Waals surface area contributed by atoms with Crippen molar-refractivity contribution in [3.05, 3.63) is 59.7 Å². The first-order chi connectivity index (χ1) is 15.9. The molecule has 0 radical (unpaired) electrons. The monoisotopic (exact) mass is 468 g/mol. The summed E-state index contributed by atoms with van der Waals surface area (Å²) in [4.78, 5) is 23.7. The Bertz CT molecular complexity index is 951. The van der Waals surface area contributed by atoms with Gasteiger partial charge in [0.05, 0.1) is 11.3 Å². The maximum absolute atomic E-state index is 12.3. The Kier molecular flexibility index (Phi) is 9.31. The third kappa shape index (κ3) is 7.34. The lowest BCUT2D eigenvalue weighted by atomic mass is 9.86. The lowest BCUT2D eigenvalue weighted by Gasteiger charge is -2.34. The Morgan fingerprint density at radius 1 is 1.00 bits per heavy atom. The number of ether oxygens (including phenoxy) is 2. The molecule has 1 unspecified atom stereocenters. The number of carbonyl (C=O) groups excluding carboxylic acids is 2. The number of benzene rings is 2. The predicted octanol–water partition coefficient (Wildman–Crippen LogP) is 6.50. The molecular formula is C29H40O5. The van der Waals surface area contributed by atoms with Crippen molar-refractivity contribution in [1.82, 2.24) is 0 Å². The Labute approximate surface area is 204 Å². The second-order valence-electron chi connectivity index (χ2n) is 10.3. The van der Waals surface area contributed by atoms with Crippen molar-refractivity contribution in [2.45, 2.75) is 79.8 Å². The minimum Gasteiger partial charge on any atom is -0.508 e. The zero-order chi connectivity index (χ0) is 25.5. The van der Waals surface area contributed by atoms with Gasteiger partial charge in [-0.05, 0) is 76.6 Å². The van der Waals surface area contributed by atoms with E-state index >= 15 is 0 Å². The summed E-state index contributed by atoms with van der Waals surface area (Å²) in [5.41, 5.74) is 1.98. The van der Waals surface area contributed by atoms with E-state index in [0.717, 1.165) is 25.7 Å². The number of carbonyl (C=O) groups is 2. The van der Waals surface area contributed by atoms with Gasteiger partial charge in [-0.3, -0.25) is 9.59 Å². The summed E-state index contributed by atoms with van der Waals surface area (Å²) in [5.74, 6) is 0.391. The molecular weight excluding hydrogens is 428 g/mol. The standard InChI is InChI=1S/C18H26O2.C11H14O3/c1-6-17(2,3)16(19)20-18(4,5)15-11-13-9-7-8-10-14(13)12-15;1-3-8(2)11(13)14-10-6-4-5-9(12)7-10/h7-10,15H,6,11-12H2,1-5H3;4-8,12H,3H2,1-2H3. The Balaban J connectivity index is 0.000000257. The van der Waals surface area contributed by atoms with Crippen molar-refractivity contribution in [3.63, 3.8) is 0 Å². The molecule has 2 aromatic rings. The highest BCUT2D eigenvalue weighted by Crippen LogP contribution is 2.37. The fourth-order valence-corrected chi connectivity index (χ4v) is 3.59. The van der Waals surface area contributed by atoms with Crippen LogP contribution in [0.5, 0.6) is 11.5 Å². The Morgan fingerprint density at radius 2 is 1.59 bits per heavy atom. The summed E-state index contributed by atoms with van der Waals surface area (Å²) in [5, 5.41) is 9.13. The second-order valence-corrected chi connectivity index (χ2v) is 10.3. The van der Waals surface area contributed by atoms with Crippen LogP contribution in [0.2, 0.25) is 0 Å². The quantitative estimate of drug-likeness (QED) is 0.371. The van der Waals surface area contributed by atoms with Crippen LogP contribution in [0.25, 0.3) is 0 Å². The van der Waals surface area contributed by atoms with Gasteiger partial charge in [0.2, 0.25) is 0 Å². The molecule has 34 heavy (non-hydrogen) atoms. The molecule has 186 valence electrons. The molecule has 0 saturated heterocycles. The molecule has 5 nitrogen and oxygen atoms in total. The first-order valence-electron chi connectivity index (χ1n) is 12.2. The van der Waals surface area contributed by atoms with E-state index in [9.17, 15) is 9.59 Å². The molecule has 5 heteroatoms. The molecule has 1 atom stereocenters. The largest absolute Gasteiger partial charge is 0.508 e. The highest BCUT2D eigenvalue weighted by atomic mass is 16.6. The summed E-state index contributed by atoms with van der Waals surface area (Å²) in [7, 11) is 0. The lowest BCUT2D eigenvalue weighted by Crippen LogP contribution is -2.41. The van der Waals surface area contributed by atoms with Crippen molar-refractivity contribution < 1.29 is 24.2 Å². The van der Waals surface area contributed by atoms with Crippen LogP contribution in [0.4, 0.5) is 0 Å². The zero-order valence-corrected chi connectivity index (χ0v) is 21.7. The SMILES string of the molecule is CCC(C)(C)C(=O)OC(C)(C)C1Cc2ccccc2C1.CCC(C)C(=O)Oc1cccc(O)c1. The summed E-state index contributed by atoms with van der Waals surface area (Å²) >= 11 is 0. The number of rotatable bonds is 7. The molecule has 0 saturated carbocycles. The van der Waals surface area contributed by atoms with E-state index in [2.05, 4.69) is 24.3 Å². The number of phenolic OH excluding ortho intramolecular Hbond substituents is 1. The number of esters is 2. The van der Waals surface area contributed by atoms with Crippen molar-refractivity contribution in [3.8, 4) is 11.5 Å². The van der Waals surface area contributed by atoms with Crippen LogP contribution in [0.3, 0.4) is 0 Å². The number of phenols is 1. The summed E-state index contributed by atoms with van der Waals surface area (Å²) in [6.07, 6.45) is 3.55. The minimum atomic E-state index is -0.414. The topological polar surface area (TPSA) is 72.8 Å². The normalized spacial score (nSPS) is 14.4. The van der Waals surface area contributed by atoms with Gasteiger partial charge in [0.15, 0.2) is 0 Å². The van der Waals surface area contributed by atoms with E-state index < -0.39 is 11.0 Å². The Morgan fingerprint density at radius 3 is 2.09 bits per heavy atom. The summed E-state index contributed by atoms with van der Waals surface area (Å²) < 4.78 is 10.9. The fourth-order valence-electron chi connectivity index (χ4n) is 3.59. The minimum absolute atomic E-state index is 0.0824. The average Bonchev–Trinajstić information content (AvgIpc) is 3.24. The molecule has 0 bridgehead atoms. The number of hydrogen-bond donors (Lipinski definition) is 1. The molecule has 0 aromatic heterocycles. The first-order valence-corrected chi connectivity index (χ1v) is 12.2. The van der Waals surface area contributed by atoms with Crippen LogP contribution in [0.15, 0.2) is 48.5 Å². The van der Waals surface area contributed by atoms with Crippen LogP contribution in [0.1, 0.15) is 72.4 Å². The highest BCUT2D eigenvalue weighted by Gasteiger charge is 2.40.